The molecule has 0 fully saturated rings. The number of hydrogen-bond acceptors (Lipinski definition) is 0. The molecule has 0 radical (unpaired) electrons. The van der Waals surface area contributed by atoms with Gasteiger partial charge in [0.25, 0.3) is 0 Å². The zero-order valence-corrected chi connectivity index (χ0v) is 18.1. The topological polar surface area (TPSA) is 3.88 Å². The zero-order valence-electron chi connectivity index (χ0n) is 18.1. The van der Waals surface area contributed by atoms with Crippen LogP contribution in [0.5, 0.6) is 0 Å². The summed E-state index contributed by atoms with van der Waals surface area (Å²) in [4.78, 5) is 0. The van der Waals surface area contributed by atoms with Crippen LogP contribution in [-0.2, 0) is 19.9 Å². The molecule has 0 bridgehead atoms. The summed E-state index contributed by atoms with van der Waals surface area (Å²) in [6.07, 6.45) is 4.46. The monoisotopic (exact) mass is 378 g/mol. The second-order valence-electron chi connectivity index (χ2n) is 8.74. The Kier molecular flexibility index (Phi) is 4.10. The van der Waals surface area contributed by atoms with Gasteiger partial charge in [-0.3, -0.25) is 0 Å². The first-order chi connectivity index (χ1) is 13.9. The van der Waals surface area contributed by atoms with Gasteiger partial charge in [-0.25, -0.2) is 4.57 Å². The van der Waals surface area contributed by atoms with Gasteiger partial charge >= 0.3 is 0 Å². The molecule has 0 aliphatic heterocycles. The van der Waals surface area contributed by atoms with E-state index in [0.29, 0.717) is 0 Å². The third-order valence-corrected chi connectivity index (χ3v) is 6.72. The summed E-state index contributed by atoms with van der Waals surface area (Å²) in [7, 11) is 2.17. The summed E-state index contributed by atoms with van der Waals surface area (Å²) >= 11 is 0. The van der Waals surface area contributed by atoms with E-state index < -0.39 is 0 Å². The van der Waals surface area contributed by atoms with E-state index in [0.717, 1.165) is 12.8 Å². The average Bonchev–Trinajstić information content (AvgIpc) is 2.70. The van der Waals surface area contributed by atoms with Crippen LogP contribution in [0.1, 0.15) is 33.4 Å². The average molecular weight is 379 g/mol. The normalized spacial score (nSPS) is 12.7. The minimum absolute atomic E-state index is 1.10. The smallest absolute Gasteiger partial charge is 0.201 e. The molecule has 0 atom stereocenters. The quantitative estimate of drug-likeness (QED) is 0.341. The van der Waals surface area contributed by atoms with Crippen molar-refractivity contribution in [3.8, 4) is 22.4 Å². The molecule has 5 rings (SSSR count). The van der Waals surface area contributed by atoms with Crippen molar-refractivity contribution in [3.05, 3.63) is 88.1 Å². The predicted molar refractivity (Wildman–Crippen MR) is 122 cm³/mol. The van der Waals surface area contributed by atoms with Crippen molar-refractivity contribution in [2.45, 2.75) is 40.5 Å². The molecule has 0 spiro atoms. The van der Waals surface area contributed by atoms with Gasteiger partial charge in [0, 0.05) is 11.6 Å². The van der Waals surface area contributed by atoms with E-state index in [9.17, 15) is 0 Å². The van der Waals surface area contributed by atoms with Crippen LogP contribution in [0, 0.1) is 27.7 Å². The zero-order chi connectivity index (χ0) is 20.3. The molecule has 0 amide bonds. The van der Waals surface area contributed by atoms with Crippen LogP contribution in [0.15, 0.2) is 54.7 Å². The second-order valence-corrected chi connectivity index (χ2v) is 8.74. The molecule has 144 valence electrons. The number of pyridine rings is 1. The number of aryl methyl sites for hydroxylation is 6. The van der Waals surface area contributed by atoms with E-state index in [1.54, 1.807) is 0 Å². The highest BCUT2D eigenvalue weighted by molar-refractivity contribution is 5.95. The van der Waals surface area contributed by atoms with Crippen LogP contribution in [-0.4, -0.2) is 0 Å². The van der Waals surface area contributed by atoms with Gasteiger partial charge in [-0.2, -0.15) is 0 Å². The number of hydrogen-bond donors (Lipinski definition) is 0. The summed E-state index contributed by atoms with van der Waals surface area (Å²) in [5.74, 6) is 0. The highest BCUT2D eigenvalue weighted by atomic mass is 14.9. The second kappa shape index (κ2) is 6.56. The van der Waals surface area contributed by atoms with Crippen molar-refractivity contribution in [2.24, 2.45) is 7.05 Å². The van der Waals surface area contributed by atoms with Crippen molar-refractivity contribution < 1.29 is 4.57 Å². The summed E-state index contributed by atoms with van der Waals surface area (Å²) in [6, 6.07) is 18.5. The maximum absolute atomic E-state index is 2.36. The summed E-state index contributed by atoms with van der Waals surface area (Å²) < 4.78 is 2.30. The molecule has 1 heterocycles. The van der Waals surface area contributed by atoms with Crippen molar-refractivity contribution in [1.29, 1.82) is 0 Å². The molecule has 1 aromatic heterocycles. The molecule has 1 nitrogen and oxygen atoms in total. The lowest BCUT2D eigenvalue weighted by molar-refractivity contribution is -0.660. The molecular weight excluding hydrogens is 350 g/mol. The minimum Gasteiger partial charge on any atom is -0.201 e. The van der Waals surface area contributed by atoms with Crippen molar-refractivity contribution in [1.82, 2.24) is 0 Å². The predicted octanol–water partition coefficient (Wildman–Crippen LogP) is 6.33. The molecule has 1 heteroatoms. The number of nitrogens with zero attached hydrogens (tertiary/aromatic N) is 1. The lowest BCUT2D eigenvalue weighted by Crippen LogP contribution is -2.32. The van der Waals surface area contributed by atoms with E-state index in [1.807, 2.05) is 0 Å². The van der Waals surface area contributed by atoms with Crippen LogP contribution >= 0.6 is 0 Å². The molecular formula is C28H28N+. The highest BCUT2D eigenvalue weighted by Gasteiger charge is 2.25. The molecule has 3 aromatic carbocycles. The van der Waals surface area contributed by atoms with Crippen molar-refractivity contribution in [3.63, 3.8) is 0 Å². The lowest BCUT2D eigenvalue weighted by Gasteiger charge is -2.25. The molecule has 0 N–H and O–H groups in total. The van der Waals surface area contributed by atoms with Crippen LogP contribution in [0.4, 0.5) is 0 Å². The van der Waals surface area contributed by atoms with Gasteiger partial charge in [-0.15, -0.1) is 0 Å². The summed E-state index contributed by atoms with van der Waals surface area (Å²) in [5.41, 5.74) is 14.0. The van der Waals surface area contributed by atoms with Gasteiger partial charge in [0.2, 0.25) is 5.69 Å². The fourth-order valence-electron chi connectivity index (χ4n) is 5.05. The van der Waals surface area contributed by atoms with E-state index in [2.05, 4.69) is 94.0 Å². The molecule has 0 saturated heterocycles. The van der Waals surface area contributed by atoms with Gasteiger partial charge in [0.05, 0.1) is 5.56 Å². The van der Waals surface area contributed by atoms with Gasteiger partial charge in [-0.05, 0) is 84.7 Å². The summed E-state index contributed by atoms with van der Waals surface area (Å²) in [5, 5.41) is 2.78. The first-order valence-electron chi connectivity index (χ1n) is 10.6. The Hall–Kier alpha value is -2.93. The SMILES string of the molecule is Cc1ccc2c3c(ccc2c1)-c1ccc(C)c(-c2cc(C)c(C)c[n+]2C)c1CC3. The Morgan fingerprint density at radius 1 is 0.690 bits per heavy atom. The van der Waals surface area contributed by atoms with Gasteiger partial charge in [-0.1, -0.05) is 48.0 Å². The molecule has 4 aromatic rings. The standard InChI is InChI=1S/C28H28N/c1-17-6-9-22-21(14-17)8-11-24-23(22)12-13-26-25(24)10-7-18(2)28(26)27-15-19(3)20(4)16-29(27)5/h6-11,14-16H,12-13H2,1-5H3/q+1. The van der Waals surface area contributed by atoms with Crippen molar-refractivity contribution >= 4 is 10.8 Å². The molecule has 0 saturated carbocycles. The van der Waals surface area contributed by atoms with Gasteiger partial charge in [0.1, 0.15) is 7.05 Å². The largest absolute Gasteiger partial charge is 0.213 e. The fourth-order valence-corrected chi connectivity index (χ4v) is 5.05. The third kappa shape index (κ3) is 2.80. The fraction of sp³-hybridized carbons (Fsp3) is 0.250. The lowest BCUT2D eigenvalue weighted by atomic mass is 9.79. The number of rotatable bonds is 1. The van der Waals surface area contributed by atoms with Gasteiger partial charge < -0.3 is 0 Å². The number of aromatic nitrogens is 1. The first kappa shape index (κ1) is 18.1. The van der Waals surface area contributed by atoms with Crippen molar-refractivity contribution in [2.75, 3.05) is 0 Å². The number of benzene rings is 3. The molecule has 1 aliphatic rings. The van der Waals surface area contributed by atoms with Crippen LogP contribution in [0.3, 0.4) is 0 Å². The first-order valence-corrected chi connectivity index (χ1v) is 10.6. The molecule has 29 heavy (non-hydrogen) atoms. The van der Waals surface area contributed by atoms with Crippen LogP contribution in [0.25, 0.3) is 33.2 Å². The van der Waals surface area contributed by atoms with Crippen LogP contribution < -0.4 is 4.57 Å². The van der Waals surface area contributed by atoms with E-state index in [-0.39, 0.29) is 0 Å². The number of fused-ring (bicyclic) bond motifs is 5. The highest BCUT2D eigenvalue weighted by Crippen LogP contribution is 2.42. The van der Waals surface area contributed by atoms with E-state index >= 15 is 0 Å². The van der Waals surface area contributed by atoms with E-state index in [1.165, 1.54) is 66.5 Å². The van der Waals surface area contributed by atoms with Crippen LogP contribution in [0.2, 0.25) is 0 Å². The summed E-state index contributed by atoms with van der Waals surface area (Å²) in [6.45, 7) is 8.83. The Morgan fingerprint density at radius 3 is 2.24 bits per heavy atom. The Morgan fingerprint density at radius 2 is 1.41 bits per heavy atom. The maximum Gasteiger partial charge on any atom is 0.213 e. The molecule has 1 aliphatic carbocycles. The Labute approximate surface area is 173 Å². The Bertz CT molecular complexity index is 1290. The minimum atomic E-state index is 1.10. The van der Waals surface area contributed by atoms with E-state index in [4.69, 9.17) is 0 Å². The molecule has 0 unspecified atom stereocenters. The third-order valence-electron chi connectivity index (χ3n) is 6.72. The van der Waals surface area contributed by atoms with Gasteiger partial charge in [0.15, 0.2) is 6.20 Å². The Balaban J connectivity index is 1.78. The maximum atomic E-state index is 2.36.